The van der Waals surface area contributed by atoms with Crippen molar-refractivity contribution < 1.29 is 22.9 Å². The summed E-state index contributed by atoms with van der Waals surface area (Å²) in [4.78, 5) is 47.7. The number of nitrogens with one attached hydrogen (secondary N) is 2. The molecule has 3 rings (SSSR count). The normalized spacial score (nSPS) is 11.4. The third kappa shape index (κ3) is 5.08. The zero-order chi connectivity index (χ0) is 25.0. The van der Waals surface area contributed by atoms with Crippen LogP contribution < -0.4 is 21.9 Å². The van der Waals surface area contributed by atoms with Crippen LogP contribution >= 0.6 is 0 Å². The maximum atomic E-state index is 12.8. The van der Waals surface area contributed by atoms with E-state index in [0.717, 1.165) is 10.6 Å². The van der Waals surface area contributed by atoms with E-state index < -0.39 is 39.5 Å². The van der Waals surface area contributed by atoms with E-state index in [1.807, 2.05) is 0 Å². The summed E-state index contributed by atoms with van der Waals surface area (Å²) in [6.07, 6.45) is -4.72. The first kappa shape index (κ1) is 24.5. The molecule has 0 bridgehead atoms. The van der Waals surface area contributed by atoms with Gasteiger partial charge in [-0.2, -0.15) is 13.2 Å². The van der Waals surface area contributed by atoms with Gasteiger partial charge in [-0.3, -0.25) is 28.8 Å². The van der Waals surface area contributed by atoms with Crippen LogP contribution in [0.1, 0.15) is 12.5 Å². The van der Waals surface area contributed by atoms with Gasteiger partial charge < -0.3 is 10.6 Å². The van der Waals surface area contributed by atoms with E-state index in [-0.39, 0.29) is 37.3 Å². The number of amides is 1. The largest absolute Gasteiger partial charge is 0.416 e. The lowest BCUT2D eigenvalue weighted by Gasteiger charge is -2.14. The topological polar surface area (TPSA) is 128 Å². The van der Waals surface area contributed by atoms with Crippen molar-refractivity contribution in [3.63, 3.8) is 0 Å². The van der Waals surface area contributed by atoms with E-state index in [1.165, 1.54) is 4.57 Å². The molecule has 0 radical (unpaired) electrons. The van der Waals surface area contributed by atoms with Gasteiger partial charge >= 0.3 is 11.9 Å². The predicted octanol–water partition coefficient (Wildman–Crippen LogP) is 2.34. The summed E-state index contributed by atoms with van der Waals surface area (Å²) in [6.45, 7) is 1.33. The summed E-state index contributed by atoms with van der Waals surface area (Å²) in [5, 5.41) is 16.6. The molecule has 13 heteroatoms. The fraction of sp³-hybridized carbons (Fsp3) is 0.286. The predicted molar refractivity (Wildman–Crippen MR) is 118 cm³/mol. The van der Waals surface area contributed by atoms with E-state index >= 15 is 0 Å². The van der Waals surface area contributed by atoms with Crippen molar-refractivity contribution in [3.8, 4) is 0 Å². The van der Waals surface area contributed by atoms with Gasteiger partial charge in [0.1, 0.15) is 12.2 Å². The SMILES string of the molecule is CCn1c(=O)c2ccccc2n(CC(=O)NCCNc2ccc(C(F)(F)F)cc2[N+](=O)[O-])c1=O. The summed E-state index contributed by atoms with van der Waals surface area (Å²) in [5.74, 6) is -0.558. The standard InChI is InChI=1S/C21H20F3N5O5/c1-2-27-19(31)14-5-3-4-6-16(14)28(20(27)32)12-18(30)26-10-9-25-15-8-7-13(21(22,23)24)11-17(15)29(33)34/h3-8,11,25H,2,9-10,12H2,1H3,(H,26,30). The lowest BCUT2D eigenvalue weighted by Crippen LogP contribution is -2.42. The number of aromatic nitrogens is 2. The van der Waals surface area contributed by atoms with E-state index in [0.29, 0.717) is 17.6 Å². The maximum absolute atomic E-state index is 12.8. The maximum Gasteiger partial charge on any atom is 0.416 e. The number of carbonyl (C=O) groups is 1. The highest BCUT2D eigenvalue weighted by Gasteiger charge is 2.33. The molecule has 3 aromatic rings. The molecule has 2 aromatic carbocycles. The summed E-state index contributed by atoms with van der Waals surface area (Å²) < 4.78 is 40.6. The average Bonchev–Trinajstić information content (AvgIpc) is 2.79. The second kappa shape index (κ2) is 9.77. The zero-order valence-electron chi connectivity index (χ0n) is 17.9. The molecule has 0 unspecified atom stereocenters. The lowest BCUT2D eigenvalue weighted by atomic mass is 10.1. The number of nitro benzene ring substituents is 1. The lowest BCUT2D eigenvalue weighted by molar-refractivity contribution is -0.384. The van der Waals surface area contributed by atoms with Gasteiger partial charge in [0.15, 0.2) is 0 Å². The molecular formula is C21H20F3N5O5. The van der Waals surface area contributed by atoms with Gasteiger partial charge in [0.2, 0.25) is 5.91 Å². The average molecular weight is 479 g/mol. The molecule has 0 fully saturated rings. The Morgan fingerprint density at radius 1 is 1.09 bits per heavy atom. The Bertz CT molecular complexity index is 1360. The second-order valence-corrected chi connectivity index (χ2v) is 7.20. The second-order valence-electron chi connectivity index (χ2n) is 7.20. The highest BCUT2D eigenvalue weighted by Crippen LogP contribution is 2.34. The molecule has 0 spiro atoms. The number of hydrogen-bond donors (Lipinski definition) is 2. The first-order chi connectivity index (χ1) is 16.0. The van der Waals surface area contributed by atoms with Gasteiger partial charge in [0, 0.05) is 25.7 Å². The number of nitrogens with zero attached hydrogens (tertiary/aromatic N) is 3. The fourth-order valence-corrected chi connectivity index (χ4v) is 3.41. The number of para-hydroxylation sites is 1. The molecule has 0 saturated heterocycles. The number of nitro groups is 1. The van der Waals surface area contributed by atoms with Crippen LogP contribution in [0.3, 0.4) is 0 Å². The number of fused-ring (bicyclic) bond motifs is 1. The molecule has 0 atom stereocenters. The molecule has 0 aliphatic rings. The quantitative estimate of drug-likeness (QED) is 0.290. The molecular weight excluding hydrogens is 459 g/mol. The van der Waals surface area contributed by atoms with Crippen molar-refractivity contribution in [1.82, 2.24) is 14.5 Å². The van der Waals surface area contributed by atoms with Crippen molar-refractivity contribution in [2.24, 2.45) is 0 Å². The summed E-state index contributed by atoms with van der Waals surface area (Å²) in [6, 6.07) is 8.48. The zero-order valence-corrected chi connectivity index (χ0v) is 17.9. The number of hydrogen-bond acceptors (Lipinski definition) is 6. The molecule has 1 heterocycles. The van der Waals surface area contributed by atoms with E-state index in [1.54, 1.807) is 31.2 Å². The van der Waals surface area contributed by atoms with Gasteiger partial charge in [-0.1, -0.05) is 12.1 Å². The Morgan fingerprint density at radius 2 is 1.79 bits per heavy atom. The molecule has 10 nitrogen and oxygen atoms in total. The molecule has 0 saturated carbocycles. The van der Waals surface area contributed by atoms with Crippen molar-refractivity contribution in [3.05, 3.63) is 79.0 Å². The molecule has 1 amide bonds. The van der Waals surface area contributed by atoms with E-state index in [4.69, 9.17) is 0 Å². The van der Waals surface area contributed by atoms with Crippen LogP contribution in [0.5, 0.6) is 0 Å². The number of halogens is 3. The Hall–Kier alpha value is -4.16. The van der Waals surface area contributed by atoms with Crippen molar-refractivity contribution in [2.45, 2.75) is 26.2 Å². The first-order valence-electron chi connectivity index (χ1n) is 10.1. The number of benzene rings is 2. The van der Waals surface area contributed by atoms with Crippen LogP contribution in [0.4, 0.5) is 24.5 Å². The van der Waals surface area contributed by atoms with Gasteiger partial charge in [-0.15, -0.1) is 0 Å². The highest BCUT2D eigenvalue weighted by molar-refractivity contribution is 5.81. The number of carbonyl (C=O) groups excluding carboxylic acids is 1. The fourth-order valence-electron chi connectivity index (χ4n) is 3.41. The van der Waals surface area contributed by atoms with Gasteiger partial charge in [0.25, 0.3) is 11.2 Å². The van der Waals surface area contributed by atoms with E-state index in [9.17, 15) is 37.7 Å². The van der Waals surface area contributed by atoms with Gasteiger partial charge in [-0.05, 0) is 31.2 Å². The summed E-state index contributed by atoms with van der Waals surface area (Å²) >= 11 is 0. The van der Waals surface area contributed by atoms with Crippen molar-refractivity contribution in [2.75, 3.05) is 18.4 Å². The Labute approximate surface area is 189 Å². The summed E-state index contributed by atoms with van der Waals surface area (Å²) in [5.41, 5.74) is -2.83. The monoisotopic (exact) mass is 479 g/mol. The molecule has 2 N–H and O–H groups in total. The number of alkyl halides is 3. The minimum Gasteiger partial charge on any atom is -0.378 e. The number of rotatable bonds is 8. The minimum absolute atomic E-state index is 0.0257. The minimum atomic E-state index is -4.72. The van der Waals surface area contributed by atoms with Crippen LogP contribution in [0.2, 0.25) is 0 Å². The van der Waals surface area contributed by atoms with E-state index in [2.05, 4.69) is 10.6 Å². The molecule has 34 heavy (non-hydrogen) atoms. The molecule has 0 aliphatic carbocycles. The number of anilines is 1. The van der Waals surface area contributed by atoms with Crippen LogP contribution in [0, 0.1) is 10.1 Å². The summed E-state index contributed by atoms with van der Waals surface area (Å²) in [7, 11) is 0. The molecule has 1 aromatic heterocycles. The molecule has 180 valence electrons. The van der Waals surface area contributed by atoms with Crippen molar-refractivity contribution >= 4 is 28.2 Å². The Kier molecular flexibility index (Phi) is 7.03. The van der Waals surface area contributed by atoms with Crippen LogP contribution in [0.15, 0.2) is 52.1 Å². The Morgan fingerprint density at radius 3 is 2.44 bits per heavy atom. The van der Waals surface area contributed by atoms with Crippen LogP contribution in [-0.2, 0) is 24.1 Å². The van der Waals surface area contributed by atoms with Crippen LogP contribution in [0.25, 0.3) is 10.9 Å². The third-order valence-corrected chi connectivity index (χ3v) is 5.03. The van der Waals surface area contributed by atoms with Gasteiger partial charge in [0.05, 0.1) is 21.4 Å². The smallest absolute Gasteiger partial charge is 0.378 e. The Balaban J connectivity index is 1.69. The molecule has 0 aliphatic heterocycles. The third-order valence-electron chi connectivity index (χ3n) is 5.03. The first-order valence-corrected chi connectivity index (χ1v) is 10.1. The van der Waals surface area contributed by atoms with Gasteiger partial charge in [-0.25, -0.2) is 4.79 Å². The van der Waals surface area contributed by atoms with Crippen molar-refractivity contribution in [1.29, 1.82) is 0 Å². The van der Waals surface area contributed by atoms with Crippen LogP contribution in [-0.4, -0.2) is 33.1 Å². The highest BCUT2D eigenvalue weighted by atomic mass is 19.4.